The summed E-state index contributed by atoms with van der Waals surface area (Å²) in [7, 11) is 0. The van der Waals surface area contributed by atoms with E-state index in [-0.39, 0.29) is 11.3 Å². The first-order valence-electron chi connectivity index (χ1n) is 8.52. The summed E-state index contributed by atoms with van der Waals surface area (Å²) in [5, 5.41) is 10.6. The number of aromatic nitrogens is 2. The molecule has 0 atom stereocenters. The van der Waals surface area contributed by atoms with Crippen molar-refractivity contribution < 1.29 is 4.79 Å². The Bertz CT molecular complexity index is 890. The van der Waals surface area contributed by atoms with E-state index in [4.69, 9.17) is 11.6 Å². The topological polar surface area (TPSA) is 57.8 Å². The van der Waals surface area contributed by atoms with Crippen LogP contribution in [0.1, 0.15) is 48.1 Å². The maximum absolute atomic E-state index is 12.4. The highest BCUT2D eigenvalue weighted by Gasteiger charge is 2.14. The molecule has 0 spiro atoms. The van der Waals surface area contributed by atoms with Gasteiger partial charge in [-0.25, -0.2) is 0 Å². The number of carbonyl (C=O) groups is 1. The van der Waals surface area contributed by atoms with Crippen molar-refractivity contribution in [1.29, 1.82) is 0 Å². The highest BCUT2D eigenvalue weighted by atomic mass is 35.5. The summed E-state index contributed by atoms with van der Waals surface area (Å²) in [4.78, 5) is 12.4. The molecular formula is C21H22ClN3O. The van der Waals surface area contributed by atoms with Gasteiger partial charge in [-0.05, 0) is 46.9 Å². The van der Waals surface area contributed by atoms with Gasteiger partial charge in [0.05, 0.1) is 0 Å². The number of hydrogen-bond donors (Lipinski definition) is 2. The van der Waals surface area contributed by atoms with Crippen molar-refractivity contribution in [3.63, 3.8) is 0 Å². The van der Waals surface area contributed by atoms with Crippen LogP contribution in [0.25, 0.3) is 0 Å². The van der Waals surface area contributed by atoms with Crippen LogP contribution in [0.5, 0.6) is 0 Å². The van der Waals surface area contributed by atoms with E-state index in [1.807, 2.05) is 48.5 Å². The number of aromatic amines is 1. The Labute approximate surface area is 158 Å². The van der Waals surface area contributed by atoms with Crippen molar-refractivity contribution in [2.75, 3.05) is 5.32 Å². The third-order valence-electron chi connectivity index (χ3n) is 4.18. The van der Waals surface area contributed by atoms with Gasteiger partial charge in [0.2, 0.25) is 0 Å². The Kier molecular flexibility index (Phi) is 5.14. The Morgan fingerprint density at radius 1 is 1.08 bits per heavy atom. The third kappa shape index (κ3) is 4.52. The first-order chi connectivity index (χ1) is 12.3. The van der Waals surface area contributed by atoms with Gasteiger partial charge < -0.3 is 5.32 Å². The van der Waals surface area contributed by atoms with E-state index >= 15 is 0 Å². The molecule has 0 unspecified atom stereocenters. The van der Waals surface area contributed by atoms with Crippen LogP contribution in [0.2, 0.25) is 5.02 Å². The predicted molar refractivity (Wildman–Crippen MR) is 106 cm³/mol. The highest BCUT2D eigenvalue weighted by Crippen LogP contribution is 2.23. The molecule has 0 aliphatic heterocycles. The minimum atomic E-state index is -0.230. The smallest absolute Gasteiger partial charge is 0.276 e. The molecule has 134 valence electrons. The molecule has 3 rings (SSSR count). The van der Waals surface area contributed by atoms with Crippen molar-refractivity contribution in [2.24, 2.45) is 0 Å². The number of nitrogens with zero attached hydrogens (tertiary/aromatic N) is 1. The Balaban J connectivity index is 1.65. The summed E-state index contributed by atoms with van der Waals surface area (Å²) in [6, 6.07) is 17.3. The van der Waals surface area contributed by atoms with Crippen LogP contribution in [0.3, 0.4) is 0 Å². The minimum absolute atomic E-state index is 0.0846. The summed E-state index contributed by atoms with van der Waals surface area (Å²) in [5.41, 5.74) is 4.41. The number of H-pyrrole nitrogens is 1. The second kappa shape index (κ2) is 7.34. The van der Waals surface area contributed by atoms with Crippen molar-refractivity contribution in [1.82, 2.24) is 10.2 Å². The van der Waals surface area contributed by atoms with Crippen LogP contribution < -0.4 is 5.32 Å². The van der Waals surface area contributed by atoms with Crippen LogP contribution in [0.15, 0.2) is 54.6 Å². The zero-order valence-electron chi connectivity index (χ0n) is 15.1. The Hall–Kier alpha value is -2.59. The average molecular weight is 368 g/mol. The predicted octanol–water partition coefficient (Wildman–Crippen LogP) is 5.20. The molecule has 0 fully saturated rings. The van der Waals surface area contributed by atoms with Gasteiger partial charge in [-0.2, -0.15) is 5.10 Å². The largest absolute Gasteiger partial charge is 0.321 e. The summed E-state index contributed by atoms with van der Waals surface area (Å²) < 4.78 is 0. The van der Waals surface area contributed by atoms with E-state index in [0.717, 1.165) is 16.9 Å². The normalized spacial score (nSPS) is 11.4. The molecule has 0 saturated carbocycles. The maximum Gasteiger partial charge on any atom is 0.276 e. The minimum Gasteiger partial charge on any atom is -0.321 e. The molecule has 2 N–H and O–H groups in total. The van der Waals surface area contributed by atoms with Gasteiger partial charge in [0.25, 0.3) is 5.91 Å². The molecule has 26 heavy (non-hydrogen) atoms. The molecular weight excluding hydrogens is 346 g/mol. The average Bonchev–Trinajstić information content (AvgIpc) is 3.05. The Morgan fingerprint density at radius 2 is 1.73 bits per heavy atom. The van der Waals surface area contributed by atoms with Gasteiger partial charge >= 0.3 is 0 Å². The molecule has 1 amide bonds. The van der Waals surface area contributed by atoms with Crippen LogP contribution >= 0.6 is 11.6 Å². The van der Waals surface area contributed by atoms with Gasteiger partial charge in [0.1, 0.15) is 0 Å². The standard InChI is InChI=1S/C21H22ClN3O/c1-21(2,3)15-6-10-17(11-7-15)23-20(26)19-13-18(24-25-19)12-14-4-8-16(22)9-5-14/h4-11,13H,12H2,1-3H3,(H,23,26)(H,24,25). The van der Waals surface area contributed by atoms with Gasteiger partial charge in [-0.1, -0.05) is 56.6 Å². The van der Waals surface area contributed by atoms with E-state index in [2.05, 4.69) is 36.3 Å². The van der Waals surface area contributed by atoms with Crippen molar-refractivity contribution in [3.05, 3.63) is 82.1 Å². The first kappa shape index (κ1) is 18.2. The quantitative estimate of drug-likeness (QED) is 0.665. The molecule has 5 heteroatoms. The first-order valence-corrected chi connectivity index (χ1v) is 8.90. The zero-order chi connectivity index (χ0) is 18.7. The van der Waals surface area contributed by atoms with Gasteiger partial charge in [-0.3, -0.25) is 9.89 Å². The molecule has 0 radical (unpaired) electrons. The monoisotopic (exact) mass is 367 g/mol. The Morgan fingerprint density at radius 3 is 2.35 bits per heavy atom. The summed E-state index contributed by atoms with van der Waals surface area (Å²) >= 11 is 5.90. The molecule has 0 bridgehead atoms. The number of halogens is 1. The lowest BCUT2D eigenvalue weighted by Gasteiger charge is -2.19. The number of carbonyl (C=O) groups excluding carboxylic acids is 1. The van der Waals surface area contributed by atoms with Crippen molar-refractivity contribution >= 4 is 23.2 Å². The summed E-state index contributed by atoms with van der Waals surface area (Å²) in [6.45, 7) is 6.48. The van der Waals surface area contributed by atoms with Crippen molar-refractivity contribution in [3.8, 4) is 0 Å². The number of anilines is 1. The second-order valence-corrected chi connectivity index (χ2v) is 7.80. The second-order valence-electron chi connectivity index (χ2n) is 7.36. The number of rotatable bonds is 4. The zero-order valence-corrected chi connectivity index (χ0v) is 15.9. The molecule has 0 aliphatic rings. The molecule has 4 nitrogen and oxygen atoms in total. The molecule has 2 aromatic carbocycles. The molecule has 0 saturated heterocycles. The molecule has 1 heterocycles. The number of amides is 1. The van der Waals surface area contributed by atoms with E-state index in [1.165, 1.54) is 5.56 Å². The summed E-state index contributed by atoms with van der Waals surface area (Å²) in [6.07, 6.45) is 0.664. The van der Waals surface area contributed by atoms with E-state index in [0.29, 0.717) is 17.1 Å². The molecule has 0 aliphatic carbocycles. The van der Waals surface area contributed by atoms with Crippen LogP contribution in [0.4, 0.5) is 5.69 Å². The fourth-order valence-corrected chi connectivity index (χ4v) is 2.77. The molecule has 1 aromatic heterocycles. The number of benzene rings is 2. The third-order valence-corrected chi connectivity index (χ3v) is 4.43. The van der Waals surface area contributed by atoms with Gasteiger partial charge in [0.15, 0.2) is 5.69 Å². The van der Waals surface area contributed by atoms with Crippen LogP contribution in [0, 0.1) is 0 Å². The van der Waals surface area contributed by atoms with Gasteiger partial charge in [-0.15, -0.1) is 0 Å². The van der Waals surface area contributed by atoms with E-state index in [9.17, 15) is 4.79 Å². The van der Waals surface area contributed by atoms with E-state index < -0.39 is 0 Å². The SMILES string of the molecule is CC(C)(C)c1ccc(NC(=O)c2cc(Cc3ccc(Cl)cc3)[nH]n2)cc1. The fraction of sp³-hybridized carbons (Fsp3) is 0.238. The van der Waals surface area contributed by atoms with E-state index in [1.54, 1.807) is 6.07 Å². The highest BCUT2D eigenvalue weighted by molar-refractivity contribution is 6.30. The van der Waals surface area contributed by atoms with Crippen molar-refractivity contribution in [2.45, 2.75) is 32.6 Å². The lowest BCUT2D eigenvalue weighted by Crippen LogP contribution is -2.14. The molecule has 3 aromatic rings. The summed E-state index contributed by atoms with van der Waals surface area (Å²) in [5.74, 6) is -0.230. The van der Waals surface area contributed by atoms with Gasteiger partial charge in [0, 0.05) is 22.8 Å². The van der Waals surface area contributed by atoms with Crippen LogP contribution in [-0.4, -0.2) is 16.1 Å². The lowest BCUT2D eigenvalue weighted by atomic mass is 9.87. The number of hydrogen-bond acceptors (Lipinski definition) is 2. The fourth-order valence-electron chi connectivity index (χ4n) is 2.64. The van der Waals surface area contributed by atoms with Crippen LogP contribution in [-0.2, 0) is 11.8 Å². The maximum atomic E-state index is 12.4. The number of nitrogens with one attached hydrogen (secondary N) is 2. The lowest BCUT2D eigenvalue weighted by molar-refractivity contribution is 0.102.